The van der Waals surface area contributed by atoms with E-state index >= 15 is 0 Å². The minimum atomic E-state index is -3.62. The lowest BCUT2D eigenvalue weighted by Gasteiger charge is -2.23. The predicted octanol–water partition coefficient (Wildman–Crippen LogP) is 3.26. The van der Waals surface area contributed by atoms with Crippen molar-refractivity contribution in [3.05, 3.63) is 22.7 Å². The summed E-state index contributed by atoms with van der Waals surface area (Å²) in [5.41, 5.74) is 0.576. The van der Waals surface area contributed by atoms with Crippen LogP contribution in [0.3, 0.4) is 0 Å². The zero-order valence-electron chi connectivity index (χ0n) is 11.4. The molecule has 0 radical (unpaired) electrons. The Hall–Kier alpha value is -0.490. The molecule has 20 heavy (non-hydrogen) atoms. The smallest absolute Gasteiger partial charge is 0.247 e. The zero-order valence-corrected chi connectivity index (χ0v) is 13.7. The lowest BCUT2D eigenvalue weighted by Crippen LogP contribution is -2.34. The first kappa shape index (κ1) is 15.9. The third-order valence-electron chi connectivity index (χ3n) is 3.52. The minimum Gasteiger partial charge on any atom is -0.495 e. The van der Waals surface area contributed by atoms with Crippen molar-refractivity contribution in [2.45, 2.75) is 36.6 Å². The molecule has 1 aliphatic heterocycles. The summed E-state index contributed by atoms with van der Waals surface area (Å²) in [6.45, 7) is 2.43. The molecular formula is C13H17Cl2NO3S. The standard InChI is InChI=1S/C13H17Cl2NO3S/c1-9-4-3-5-16(9)20(17,18)12-7-11(15)6-10(8-14)13(12)19-2/h6-7,9H,3-5,8H2,1-2H3. The summed E-state index contributed by atoms with van der Waals surface area (Å²) in [6, 6.07) is 3.04. The molecule has 1 aromatic carbocycles. The number of rotatable bonds is 4. The van der Waals surface area contributed by atoms with E-state index in [1.54, 1.807) is 6.07 Å². The van der Waals surface area contributed by atoms with Crippen LogP contribution in [0, 0.1) is 0 Å². The van der Waals surface area contributed by atoms with Crippen LogP contribution in [0.5, 0.6) is 5.75 Å². The molecule has 1 aliphatic rings. The second-order valence-corrected chi connectivity index (χ2v) is 7.40. The Morgan fingerprint density at radius 3 is 2.65 bits per heavy atom. The molecule has 0 bridgehead atoms. The summed E-state index contributed by atoms with van der Waals surface area (Å²) in [4.78, 5) is 0.0944. The van der Waals surface area contributed by atoms with E-state index in [0.29, 0.717) is 17.1 Å². The van der Waals surface area contributed by atoms with E-state index in [4.69, 9.17) is 27.9 Å². The van der Waals surface area contributed by atoms with Gasteiger partial charge in [-0.25, -0.2) is 8.42 Å². The average Bonchev–Trinajstić information content (AvgIpc) is 2.84. The number of alkyl halides is 1. The highest BCUT2D eigenvalue weighted by molar-refractivity contribution is 7.89. The highest BCUT2D eigenvalue weighted by atomic mass is 35.5. The number of halogens is 2. The van der Waals surface area contributed by atoms with Gasteiger partial charge in [-0.15, -0.1) is 11.6 Å². The monoisotopic (exact) mass is 337 g/mol. The van der Waals surface area contributed by atoms with E-state index in [0.717, 1.165) is 12.8 Å². The number of nitrogens with zero attached hydrogens (tertiary/aromatic N) is 1. The van der Waals surface area contributed by atoms with Crippen LogP contribution in [0.15, 0.2) is 17.0 Å². The van der Waals surface area contributed by atoms with Gasteiger partial charge in [0.1, 0.15) is 10.6 Å². The van der Waals surface area contributed by atoms with E-state index in [1.165, 1.54) is 17.5 Å². The van der Waals surface area contributed by atoms with Crippen molar-refractivity contribution in [2.75, 3.05) is 13.7 Å². The number of hydrogen-bond acceptors (Lipinski definition) is 3. The summed E-state index contributed by atoms with van der Waals surface area (Å²) in [5.74, 6) is 0.422. The van der Waals surface area contributed by atoms with Gasteiger partial charge in [0.2, 0.25) is 10.0 Å². The second kappa shape index (κ2) is 6.10. The molecule has 0 aromatic heterocycles. The lowest BCUT2D eigenvalue weighted by molar-refractivity contribution is 0.384. The zero-order chi connectivity index (χ0) is 14.9. The maximum Gasteiger partial charge on any atom is 0.247 e. The molecule has 1 saturated heterocycles. The van der Waals surface area contributed by atoms with Gasteiger partial charge in [-0.05, 0) is 31.9 Å². The fourth-order valence-corrected chi connectivity index (χ4v) is 4.97. The van der Waals surface area contributed by atoms with Gasteiger partial charge in [0.15, 0.2) is 0 Å². The van der Waals surface area contributed by atoms with Crippen molar-refractivity contribution in [3.63, 3.8) is 0 Å². The number of hydrogen-bond donors (Lipinski definition) is 0. The quantitative estimate of drug-likeness (QED) is 0.792. The Labute approximate surface area is 129 Å². The van der Waals surface area contributed by atoms with Crippen LogP contribution in [0.2, 0.25) is 5.02 Å². The lowest BCUT2D eigenvalue weighted by atomic mass is 10.2. The Kier molecular flexibility index (Phi) is 4.84. The molecule has 0 N–H and O–H groups in total. The molecule has 4 nitrogen and oxygen atoms in total. The number of methoxy groups -OCH3 is 1. The van der Waals surface area contributed by atoms with Gasteiger partial charge < -0.3 is 4.74 Å². The summed E-state index contributed by atoms with van der Waals surface area (Å²) in [7, 11) is -2.18. The van der Waals surface area contributed by atoms with Crippen LogP contribution in [0.1, 0.15) is 25.3 Å². The first-order valence-electron chi connectivity index (χ1n) is 6.36. The predicted molar refractivity (Wildman–Crippen MR) is 80.1 cm³/mol. The Morgan fingerprint density at radius 1 is 1.45 bits per heavy atom. The molecule has 1 atom stereocenters. The van der Waals surface area contributed by atoms with Crippen LogP contribution in [-0.2, 0) is 15.9 Å². The molecule has 1 aromatic rings. The first-order chi connectivity index (χ1) is 9.41. The summed E-state index contributed by atoms with van der Waals surface area (Å²) < 4.78 is 32.3. The normalized spacial score (nSPS) is 20.3. The first-order valence-corrected chi connectivity index (χ1v) is 8.71. The van der Waals surface area contributed by atoms with Crippen LogP contribution < -0.4 is 4.74 Å². The van der Waals surface area contributed by atoms with Gasteiger partial charge in [0, 0.05) is 23.2 Å². The van der Waals surface area contributed by atoms with E-state index < -0.39 is 10.0 Å². The van der Waals surface area contributed by atoms with Crippen molar-refractivity contribution in [1.29, 1.82) is 0 Å². The van der Waals surface area contributed by atoms with Crippen LogP contribution in [0.25, 0.3) is 0 Å². The average molecular weight is 338 g/mol. The molecule has 7 heteroatoms. The molecule has 112 valence electrons. The highest BCUT2D eigenvalue weighted by Gasteiger charge is 2.35. The maximum absolute atomic E-state index is 12.8. The number of benzene rings is 1. The van der Waals surface area contributed by atoms with Gasteiger partial charge >= 0.3 is 0 Å². The Bertz CT molecular complexity index is 604. The van der Waals surface area contributed by atoms with Gasteiger partial charge in [0.05, 0.1) is 13.0 Å². The Morgan fingerprint density at radius 2 is 2.15 bits per heavy atom. The van der Waals surface area contributed by atoms with Crippen molar-refractivity contribution in [2.24, 2.45) is 0 Å². The molecule has 1 heterocycles. The van der Waals surface area contributed by atoms with Crippen molar-refractivity contribution < 1.29 is 13.2 Å². The second-order valence-electron chi connectivity index (χ2n) is 4.84. The molecule has 0 spiro atoms. The van der Waals surface area contributed by atoms with E-state index in [1.807, 2.05) is 6.92 Å². The largest absolute Gasteiger partial charge is 0.495 e. The van der Waals surface area contributed by atoms with Gasteiger partial charge in [-0.2, -0.15) is 4.31 Å². The number of sulfonamides is 1. The van der Waals surface area contributed by atoms with Crippen LogP contribution in [0.4, 0.5) is 0 Å². The molecule has 0 aliphatic carbocycles. The van der Waals surface area contributed by atoms with Crippen molar-refractivity contribution in [1.82, 2.24) is 4.31 Å². The Balaban J connectivity index is 2.59. The van der Waals surface area contributed by atoms with Crippen molar-refractivity contribution >= 4 is 33.2 Å². The van der Waals surface area contributed by atoms with Crippen molar-refractivity contribution in [3.8, 4) is 5.75 Å². The molecule has 2 rings (SSSR count). The fraction of sp³-hybridized carbons (Fsp3) is 0.538. The molecular weight excluding hydrogens is 321 g/mol. The topological polar surface area (TPSA) is 46.6 Å². The summed E-state index contributed by atoms with van der Waals surface area (Å²) in [6.07, 6.45) is 1.73. The van der Waals surface area contributed by atoms with Gasteiger partial charge in [-0.3, -0.25) is 0 Å². The third-order valence-corrected chi connectivity index (χ3v) is 6.05. The summed E-state index contributed by atoms with van der Waals surface area (Å²) in [5, 5.41) is 0.340. The fourth-order valence-electron chi connectivity index (χ4n) is 2.54. The minimum absolute atomic E-state index is 0.0110. The molecule has 1 fully saturated rings. The van der Waals surface area contributed by atoms with E-state index in [2.05, 4.69) is 0 Å². The van der Waals surface area contributed by atoms with E-state index in [-0.39, 0.29) is 22.6 Å². The molecule has 0 saturated carbocycles. The van der Waals surface area contributed by atoms with Crippen LogP contribution >= 0.6 is 23.2 Å². The van der Waals surface area contributed by atoms with Gasteiger partial charge in [-0.1, -0.05) is 11.6 Å². The highest BCUT2D eigenvalue weighted by Crippen LogP contribution is 2.36. The van der Waals surface area contributed by atoms with Gasteiger partial charge in [0.25, 0.3) is 0 Å². The SMILES string of the molecule is COc1c(CCl)cc(Cl)cc1S(=O)(=O)N1CCCC1C. The maximum atomic E-state index is 12.8. The summed E-state index contributed by atoms with van der Waals surface area (Å²) >= 11 is 11.9. The molecule has 0 amide bonds. The number of ether oxygens (including phenoxy) is 1. The third kappa shape index (κ3) is 2.77. The molecule has 1 unspecified atom stereocenters. The van der Waals surface area contributed by atoms with E-state index in [9.17, 15) is 8.42 Å². The van der Waals surface area contributed by atoms with Crippen LogP contribution in [-0.4, -0.2) is 32.4 Å².